The summed E-state index contributed by atoms with van der Waals surface area (Å²) in [7, 11) is 0. The summed E-state index contributed by atoms with van der Waals surface area (Å²) in [5.41, 5.74) is 4.83. The number of halogens is 1. The third-order valence-electron chi connectivity index (χ3n) is 5.16. The fraction of sp³-hybridized carbons (Fsp3) is 0.208. The minimum atomic E-state index is -0.236. The molecule has 0 radical (unpaired) electrons. The van der Waals surface area contributed by atoms with Gasteiger partial charge in [-0.3, -0.25) is 4.90 Å². The van der Waals surface area contributed by atoms with Crippen molar-refractivity contribution < 1.29 is 8.81 Å². The number of furan rings is 1. The van der Waals surface area contributed by atoms with Gasteiger partial charge >= 0.3 is 0 Å². The topological polar surface area (TPSA) is 34.2 Å². The van der Waals surface area contributed by atoms with Gasteiger partial charge in [-0.05, 0) is 60.6 Å². The highest BCUT2D eigenvalue weighted by Crippen LogP contribution is 2.29. The van der Waals surface area contributed by atoms with E-state index in [-0.39, 0.29) is 5.82 Å². The van der Waals surface area contributed by atoms with Gasteiger partial charge in [0.05, 0.1) is 18.1 Å². The lowest BCUT2D eigenvalue weighted by molar-refractivity contribution is 0.296. The first-order valence-electron chi connectivity index (χ1n) is 9.89. The molecule has 0 saturated carbocycles. The van der Waals surface area contributed by atoms with Gasteiger partial charge in [0, 0.05) is 12.1 Å². The van der Waals surface area contributed by atoms with Gasteiger partial charge in [0.2, 0.25) is 0 Å². The maximum Gasteiger partial charge on any atom is 0.152 e. The van der Waals surface area contributed by atoms with E-state index in [9.17, 15) is 4.39 Å². The second kappa shape index (κ2) is 8.45. The molecule has 0 saturated heterocycles. The molecule has 2 aromatic carbocycles. The van der Waals surface area contributed by atoms with E-state index in [1.54, 1.807) is 18.4 Å². The van der Waals surface area contributed by atoms with Gasteiger partial charge in [-0.25, -0.2) is 9.07 Å². The van der Waals surface area contributed by atoms with Crippen LogP contribution < -0.4 is 0 Å². The Labute approximate surface area is 170 Å². The SMILES string of the molecule is CCN(CC)Cc1cnn(-c2ccc(-c3cccc(F)c3)cc2)c1-c1ccco1. The van der Waals surface area contributed by atoms with Crippen LogP contribution in [-0.4, -0.2) is 27.8 Å². The van der Waals surface area contributed by atoms with Crippen molar-refractivity contribution in [2.45, 2.75) is 20.4 Å². The first kappa shape index (κ1) is 19.2. The minimum absolute atomic E-state index is 0.236. The summed E-state index contributed by atoms with van der Waals surface area (Å²) < 4.78 is 21.2. The number of benzene rings is 2. The predicted molar refractivity (Wildman–Crippen MR) is 113 cm³/mol. The number of hydrogen-bond acceptors (Lipinski definition) is 3. The summed E-state index contributed by atoms with van der Waals surface area (Å²) in [6.45, 7) is 7.07. The second-order valence-corrected chi connectivity index (χ2v) is 6.93. The third-order valence-corrected chi connectivity index (χ3v) is 5.16. The predicted octanol–water partition coefficient (Wildman–Crippen LogP) is 5.78. The number of nitrogens with zero attached hydrogens (tertiary/aromatic N) is 3. The van der Waals surface area contributed by atoms with Crippen LogP contribution in [0, 0.1) is 5.82 Å². The van der Waals surface area contributed by atoms with Crippen LogP contribution in [0.1, 0.15) is 19.4 Å². The zero-order valence-corrected chi connectivity index (χ0v) is 16.7. The maximum atomic E-state index is 13.5. The van der Waals surface area contributed by atoms with Crippen LogP contribution in [0.15, 0.2) is 77.5 Å². The molecule has 4 aromatic rings. The lowest BCUT2D eigenvalue weighted by atomic mass is 10.1. The molecule has 0 bridgehead atoms. The Kier molecular flexibility index (Phi) is 5.58. The van der Waals surface area contributed by atoms with Crippen LogP contribution in [0.2, 0.25) is 0 Å². The van der Waals surface area contributed by atoms with Crippen molar-refractivity contribution >= 4 is 0 Å². The van der Waals surface area contributed by atoms with E-state index < -0.39 is 0 Å². The molecular weight excluding hydrogens is 365 g/mol. The maximum absolute atomic E-state index is 13.5. The van der Waals surface area contributed by atoms with Crippen LogP contribution in [-0.2, 0) is 6.54 Å². The van der Waals surface area contributed by atoms with Gasteiger partial charge in [0.25, 0.3) is 0 Å². The molecule has 0 spiro atoms. The highest BCUT2D eigenvalue weighted by Gasteiger charge is 2.18. The van der Waals surface area contributed by atoms with Gasteiger partial charge in [-0.1, -0.05) is 38.1 Å². The van der Waals surface area contributed by atoms with Crippen molar-refractivity contribution in [3.8, 4) is 28.3 Å². The normalized spacial score (nSPS) is 11.3. The van der Waals surface area contributed by atoms with Crippen molar-refractivity contribution in [2.75, 3.05) is 13.1 Å². The van der Waals surface area contributed by atoms with Crippen molar-refractivity contribution in [1.82, 2.24) is 14.7 Å². The highest BCUT2D eigenvalue weighted by molar-refractivity contribution is 5.66. The smallest absolute Gasteiger partial charge is 0.152 e. The molecule has 29 heavy (non-hydrogen) atoms. The average molecular weight is 389 g/mol. The summed E-state index contributed by atoms with van der Waals surface area (Å²) >= 11 is 0. The molecule has 0 N–H and O–H groups in total. The Bertz CT molecular complexity index is 1060. The van der Waals surface area contributed by atoms with Crippen molar-refractivity contribution in [1.29, 1.82) is 0 Å². The summed E-state index contributed by atoms with van der Waals surface area (Å²) in [4.78, 5) is 2.35. The van der Waals surface area contributed by atoms with Crippen molar-refractivity contribution in [3.05, 3.63) is 84.5 Å². The first-order chi connectivity index (χ1) is 14.2. The second-order valence-electron chi connectivity index (χ2n) is 6.93. The molecule has 148 valence electrons. The molecule has 2 aromatic heterocycles. The van der Waals surface area contributed by atoms with Gasteiger partial charge < -0.3 is 4.42 Å². The summed E-state index contributed by atoms with van der Waals surface area (Å²) in [6, 6.07) is 18.4. The molecule has 0 unspecified atom stereocenters. The zero-order chi connectivity index (χ0) is 20.2. The molecular formula is C24H24FN3O. The molecule has 0 amide bonds. The Hall–Kier alpha value is -3.18. The van der Waals surface area contributed by atoms with E-state index in [2.05, 4.69) is 23.8 Å². The number of aromatic nitrogens is 2. The quantitative estimate of drug-likeness (QED) is 0.402. The molecule has 5 heteroatoms. The third kappa shape index (κ3) is 4.00. The molecule has 4 rings (SSSR count). The van der Waals surface area contributed by atoms with Crippen molar-refractivity contribution in [3.63, 3.8) is 0 Å². The number of hydrogen-bond donors (Lipinski definition) is 0. The van der Waals surface area contributed by atoms with Crippen LogP contribution in [0.4, 0.5) is 4.39 Å². The highest BCUT2D eigenvalue weighted by atomic mass is 19.1. The Balaban J connectivity index is 1.72. The lowest BCUT2D eigenvalue weighted by Gasteiger charge is -2.18. The fourth-order valence-corrected chi connectivity index (χ4v) is 3.52. The molecule has 0 aliphatic heterocycles. The average Bonchev–Trinajstić information content (AvgIpc) is 3.41. The van der Waals surface area contributed by atoms with E-state index in [1.165, 1.54) is 6.07 Å². The van der Waals surface area contributed by atoms with Crippen molar-refractivity contribution in [2.24, 2.45) is 0 Å². The monoisotopic (exact) mass is 389 g/mol. The molecule has 0 fully saturated rings. The Morgan fingerprint density at radius 1 is 0.966 bits per heavy atom. The van der Waals surface area contributed by atoms with Gasteiger partial charge in [0.15, 0.2) is 5.76 Å². The Morgan fingerprint density at radius 2 is 1.76 bits per heavy atom. The summed E-state index contributed by atoms with van der Waals surface area (Å²) in [5, 5.41) is 4.65. The zero-order valence-electron chi connectivity index (χ0n) is 16.7. The lowest BCUT2D eigenvalue weighted by Crippen LogP contribution is -2.22. The van der Waals surface area contributed by atoms with Crippen LogP contribution in [0.25, 0.3) is 28.3 Å². The molecule has 0 aliphatic rings. The molecule has 2 heterocycles. The van der Waals surface area contributed by atoms with E-state index >= 15 is 0 Å². The van der Waals surface area contributed by atoms with Gasteiger partial charge in [-0.15, -0.1) is 0 Å². The van der Waals surface area contributed by atoms with E-state index in [0.717, 1.165) is 53.5 Å². The fourth-order valence-electron chi connectivity index (χ4n) is 3.52. The molecule has 4 nitrogen and oxygen atoms in total. The first-order valence-corrected chi connectivity index (χ1v) is 9.89. The Morgan fingerprint density at radius 3 is 2.41 bits per heavy atom. The summed E-state index contributed by atoms with van der Waals surface area (Å²) in [6.07, 6.45) is 3.59. The van der Waals surface area contributed by atoms with E-state index in [4.69, 9.17) is 4.42 Å². The van der Waals surface area contributed by atoms with Crippen LogP contribution in [0.5, 0.6) is 0 Å². The van der Waals surface area contributed by atoms with Crippen LogP contribution in [0.3, 0.4) is 0 Å². The van der Waals surface area contributed by atoms with Gasteiger partial charge in [0.1, 0.15) is 11.5 Å². The van der Waals surface area contributed by atoms with Crippen LogP contribution >= 0.6 is 0 Å². The standard InChI is InChI=1S/C24H24FN3O/c1-3-27(4-2)17-20-16-26-28(24(20)23-9-6-14-29-23)22-12-10-18(11-13-22)19-7-5-8-21(25)15-19/h5-16H,3-4,17H2,1-2H3. The molecule has 0 atom stereocenters. The van der Waals surface area contributed by atoms with E-state index in [1.807, 2.05) is 53.3 Å². The largest absolute Gasteiger partial charge is 0.463 e. The molecule has 0 aliphatic carbocycles. The van der Waals surface area contributed by atoms with E-state index in [0.29, 0.717) is 0 Å². The number of rotatable bonds is 7. The van der Waals surface area contributed by atoms with Gasteiger partial charge in [-0.2, -0.15) is 5.10 Å². The minimum Gasteiger partial charge on any atom is -0.463 e. The summed E-state index contributed by atoms with van der Waals surface area (Å²) in [5.74, 6) is 0.554.